The van der Waals surface area contributed by atoms with Gasteiger partial charge in [0.25, 0.3) is 0 Å². The average Bonchev–Trinajstić information content (AvgIpc) is 2.43. The van der Waals surface area contributed by atoms with Gasteiger partial charge in [-0.3, -0.25) is 4.79 Å². The Morgan fingerprint density at radius 2 is 2.05 bits per heavy atom. The molecule has 0 bridgehead atoms. The molecule has 0 aliphatic heterocycles. The highest BCUT2D eigenvalue weighted by molar-refractivity contribution is 5.78. The van der Waals surface area contributed by atoms with Crippen molar-refractivity contribution in [1.29, 1.82) is 0 Å². The van der Waals surface area contributed by atoms with Gasteiger partial charge in [0.2, 0.25) is 5.91 Å². The van der Waals surface area contributed by atoms with Crippen molar-refractivity contribution in [3.05, 3.63) is 29.3 Å². The van der Waals surface area contributed by atoms with E-state index in [0.29, 0.717) is 19.0 Å². The summed E-state index contributed by atoms with van der Waals surface area (Å²) in [5.41, 5.74) is 7.67. The third-order valence-corrected chi connectivity index (χ3v) is 3.23. The lowest BCUT2D eigenvalue weighted by molar-refractivity contribution is -0.124. The van der Waals surface area contributed by atoms with E-state index in [1.165, 1.54) is 5.56 Å². The maximum Gasteiger partial charge on any atom is 0.224 e. The van der Waals surface area contributed by atoms with Crippen molar-refractivity contribution in [2.45, 2.75) is 33.2 Å². The summed E-state index contributed by atoms with van der Waals surface area (Å²) < 4.78 is 5.38. The van der Waals surface area contributed by atoms with E-state index < -0.39 is 0 Å². The van der Waals surface area contributed by atoms with E-state index in [2.05, 4.69) is 25.2 Å². The fourth-order valence-corrected chi connectivity index (χ4v) is 1.73. The number of hydrogen-bond acceptors (Lipinski definition) is 3. The zero-order chi connectivity index (χ0) is 14.4. The van der Waals surface area contributed by atoms with E-state index in [-0.39, 0.29) is 11.8 Å². The number of rotatable bonds is 6. The monoisotopic (exact) mass is 264 g/mol. The van der Waals surface area contributed by atoms with Gasteiger partial charge < -0.3 is 15.8 Å². The number of nitrogens with two attached hydrogens (primary N) is 1. The van der Waals surface area contributed by atoms with Gasteiger partial charge in [0.1, 0.15) is 5.75 Å². The number of nitrogens with one attached hydrogen (secondary N) is 1. The van der Waals surface area contributed by atoms with Crippen LogP contribution in [0.4, 0.5) is 0 Å². The summed E-state index contributed by atoms with van der Waals surface area (Å²) in [6.45, 7) is 6.91. The minimum absolute atomic E-state index is 0.0301. The fourth-order valence-electron chi connectivity index (χ4n) is 1.73. The van der Waals surface area contributed by atoms with Crippen LogP contribution in [-0.4, -0.2) is 19.6 Å². The number of carbonyl (C=O) groups excluding carboxylic acids is 1. The van der Waals surface area contributed by atoms with E-state index in [1.54, 1.807) is 7.11 Å². The lowest BCUT2D eigenvalue weighted by Gasteiger charge is -2.14. The molecule has 0 saturated heterocycles. The van der Waals surface area contributed by atoms with Crippen molar-refractivity contribution >= 4 is 5.91 Å². The Balaban J connectivity index is 2.76. The standard InChI is InChI=1S/C15H24N2O2/c1-10(2)12-5-6-13(14(7-12)19-4)9-17-15(18)11(3)8-16/h5-7,10-11H,8-9,16H2,1-4H3,(H,17,18). The average molecular weight is 264 g/mol. The SMILES string of the molecule is COc1cc(C(C)C)ccc1CNC(=O)C(C)CN. The highest BCUT2D eigenvalue weighted by atomic mass is 16.5. The second-order valence-corrected chi connectivity index (χ2v) is 5.08. The molecule has 3 N–H and O–H groups in total. The summed E-state index contributed by atoms with van der Waals surface area (Å²) in [4.78, 5) is 11.7. The van der Waals surface area contributed by atoms with Crippen LogP contribution in [0.5, 0.6) is 5.75 Å². The number of benzene rings is 1. The Kier molecular flexibility index (Phi) is 5.83. The molecule has 0 aromatic heterocycles. The molecule has 1 aromatic carbocycles. The van der Waals surface area contributed by atoms with Crippen molar-refractivity contribution < 1.29 is 9.53 Å². The Hall–Kier alpha value is -1.55. The normalized spacial score (nSPS) is 12.3. The van der Waals surface area contributed by atoms with Gasteiger partial charge in [-0.25, -0.2) is 0 Å². The molecule has 4 heteroatoms. The van der Waals surface area contributed by atoms with E-state index >= 15 is 0 Å². The molecule has 0 fully saturated rings. The van der Waals surface area contributed by atoms with Crippen molar-refractivity contribution in [3.63, 3.8) is 0 Å². The quantitative estimate of drug-likeness (QED) is 0.826. The lowest BCUT2D eigenvalue weighted by atomic mass is 10.0. The van der Waals surface area contributed by atoms with Crippen LogP contribution in [0.3, 0.4) is 0 Å². The van der Waals surface area contributed by atoms with Crippen molar-refractivity contribution in [3.8, 4) is 5.75 Å². The first-order valence-corrected chi connectivity index (χ1v) is 6.64. The van der Waals surface area contributed by atoms with Gasteiger partial charge in [0, 0.05) is 24.6 Å². The number of methoxy groups -OCH3 is 1. The second kappa shape index (κ2) is 7.14. The molecule has 0 radical (unpaired) electrons. The van der Waals surface area contributed by atoms with E-state index in [1.807, 2.05) is 19.1 Å². The molecule has 1 amide bonds. The van der Waals surface area contributed by atoms with Crippen LogP contribution in [-0.2, 0) is 11.3 Å². The first-order chi connectivity index (χ1) is 8.99. The minimum atomic E-state index is -0.166. The largest absolute Gasteiger partial charge is 0.496 e. The second-order valence-electron chi connectivity index (χ2n) is 5.08. The van der Waals surface area contributed by atoms with Gasteiger partial charge >= 0.3 is 0 Å². The summed E-state index contributed by atoms with van der Waals surface area (Å²) in [7, 11) is 1.65. The molecule has 1 aromatic rings. The molecular weight excluding hydrogens is 240 g/mol. The first-order valence-electron chi connectivity index (χ1n) is 6.64. The van der Waals surface area contributed by atoms with E-state index in [9.17, 15) is 4.79 Å². The van der Waals surface area contributed by atoms with Crippen LogP contribution in [0, 0.1) is 5.92 Å². The number of carbonyl (C=O) groups is 1. The molecule has 19 heavy (non-hydrogen) atoms. The Bertz CT molecular complexity index is 430. The summed E-state index contributed by atoms with van der Waals surface area (Å²) in [6.07, 6.45) is 0. The van der Waals surface area contributed by atoms with Gasteiger partial charge in [-0.05, 0) is 17.5 Å². The lowest BCUT2D eigenvalue weighted by Crippen LogP contribution is -2.32. The summed E-state index contributed by atoms with van der Waals surface area (Å²) >= 11 is 0. The fraction of sp³-hybridized carbons (Fsp3) is 0.533. The molecule has 1 atom stereocenters. The maximum absolute atomic E-state index is 11.7. The smallest absolute Gasteiger partial charge is 0.224 e. The van der Waals surface area contributed by atoms with Crippen molar-refractivity contribution in [1.82, 2.24) is 5.32 Å². The van der Waals surface area contributed by atoms with E-state index in [0.717, 1.165) is 11.3 Å². The third kappa shape index (κ3) is 4.24. The highest BCUT2D eigenvalue weighted by Crippen LogP contribution is 2.24. The number of hydrogen-bond donors (Lipinski definition) is 2. The van der Waals surface area contributed by atoms with Crippen LogP contribution in [0.25, 0.3) is 0 Å². The predicted molar refractivity (Wildman–Crippen MR) is 77.1 cm³/mol. The zero-order valence-electron chi connectivity index (χ0n) is 12.2. The molecule has 0 saturated carbocycles. The third-order valence-electron chi connectivity index (χ3n) is 3.23. The van der Waals surface area contributed by atoms with Crippen molar-refractivity contribution in [2.24, 2.45) is 11.7 Å². The molecule has 0 spiro atoms. The molecular formula is C15H24N2O2. The van der Waals surface area contributed by atoms with Crippen LogP contribution in [0.2, 0.25) is 0 Å². The van der Waals surface area contributed by atoms with Crippen LogP contribution in [0.1, 0.15) is 37.8 Å². The zero-order valence-corrected chi connectivity index (χ0v) is 12.2. The topological polar surface area (TPSA) is 64.3 Å². The predicted octanol–water partition coefficient (Wildman–Crippen LogP) is 2.03. The maximum atomic E-state index is 11.7. The van der Waals surface area contributed by atoms with Crippen LogP contribution < -0.4 is 15.8 Å². The highest BCUT2D eigenvalue weighted by Gasteiger charge is 2.12. The summed E-state index contributed by atoms with van der Waals surface area (Å²) in [6, 6.07) is 6.10. The molecule has 0 aliphatic carbocycles. The molecule has 4 nitrogen and oxygen atoms in total. The Morgan fingerprint density at radius 1 is 1.37 bits per heavy atom. The van der Waals surface area contributed by atoms with Gasteiger partial charge in [0.15, 0.2) is 0 Å². The van der Waals surface area contributed by atoms with Crippen molar-refractivity contribution in [2.75, 3.05) is 13.7 Å². The van der Waals surface area contributed by atoms with Crippen LogP contribution in [0.15, 0.2) is 18.2 Å². The molecule has 106 valence electrons. The van der Waals surface area contributed by atoms with Gasteiger partial charge in [0.05, 0.1) is 7.11 Å². The van der Waals surface area contributed by atoms with Gasteiger partial charge in [-0.2, -0.15) is 0 Å². The molecule has 1 unspecified atom stereocenters. The Labute approximate surface area is 115 Å². The van der Waals surface area contributed by atoms with E-state index in [4.69, 9.17) is 10.5 Å². The Morgan fingerprint density at radius 3 is 2.58 bits per heavy atom. The number of ether oxygens (including phenoxy) is 1. The minimum Gasteiger partial charge on any atom is -0.496 e. The molecule has 0 heterocycles. The van der Waals surface area contributed by atoms with Crippen LogP contribution >= 0.6 is 0 Å². The number of amides is 1. The molecule has 1 rings (SSSR count). The summed E-state index contributed by atoms with van der Waals surface area (Å²) in [5, 5.41) is 2.87. The van der Waals surface area contributed by atoms with Gasteiger partial charge in [-0.15, -0.1) is 0 Å². The first kappa shape index (κ1) is 15.5. The van der Waals surface area contributed by atoms with Gasteiger partial charge in [-0.1, -0.05) is 32.9 Å². The summed E-state index contributed by atoms with van der Waals surface area (Å²) in [5.74, 6) is 1.07. The molecule has 0 aliphatic rings.